The predicted octanol–water partition coefficient (Wildman–Crippen LogP) is 2.47. The molecule has 0 amide bonds. The summed E-state index contributed by atoms with van der Waals surface area (Å²) in [7, 11) is -4.16. The van der Waals surface area contributed by atoms with Gasteiger partial charge in [-0.15, -0.1) is 0 Å². The van der Waals surface area contributed by atoms with Gasteiger partial charge in [0, 0.05) is 0 Å². The zero-order chi connectivity index (χ0) is 20.7. The molecule has 146 valence electrons. The van der Waals surface area contributed by atoms with Crippen molar-refractivity contribution in [2.45, 2.75) is 4.90 Å². The van der Waals surface area contributed by atoms with Crippen molar-refractivity contribution >= 4 is 52.2 Å². The summed E-state index contributed by atoms with van der Waals surface area (Å²) in [5.74, 6) is 0.644. The Balaban J connectivity index is 0. The number of nitrogen functional groups attached to an aromatic ring is 1. The molecule has 0 atom stereocenters. The molecule has 0 spiro atoms. The quantitative estimate of drug-likeness (QED) is 0.272. The summed E-state index contributed by atoms with van der Waals surface area (Å²) < 4.78 is 29.6. The molecule has 3 aromatic rings. The van der Waals surface area contributed by atoms with E-state index >= 15 is 0 Å². The van der Waals surface area contributed by atoms with Crippen molar-refractivity contribution < 1.29 is 28.0 Å². The number of rotatable bonds is 1. The van der Waals surface area contributed by atoms with E-state index in [4.69, 9.17) is 25.3 Å². The van der Waals surface area contributed by atoms with Crippen LogP contribution >= 0.6 is 0 Å². The molecule has 0 bridgehead atoms. The van der Waals surface area contributed by atoms with E-state index in [0.717, 1.165) is 0 Å². The minimum absolute atomic E-state index is 0. The number of anilines is 1. The fraction of sp³-hybridized carbons (Fsp3) is 0. The number of hydrogen-bond donors (Lipinski definition) is 4. The Labute approximate surface area is 186 Å². The first-order valence-electron chi connectivity index (χ1n) is 7.39. The summed E-state index contributed by atoms with van der Waals surface area (Å²) in [5.41, 5.74) is 5.32. The van der Waals surface area contributed by atoms with Crippen LogP contribution in [0.1, 0.15) is 0 Å². The molecule has 0 aliphatic rings. The Hall–Kier alpha value is -2.36. The molecule has 0 aliphatic carbocycles. The van der Waals surface area contributed by atoms with Crippen molar-refractivity contribution in [3.8, 4) is 11.5 Å². The Morgan fingerprint density at radius 3 is 1.21 bits per heavy atom. The first-order valence-corrected chi connectivity index (χ1v) is 8.83. The van der Waals surface area contributed by atoms with Crippen molar-refractivity contribution in [1.29, 1.82) is 0 Å². The van der Waals surface area contributed by atoms with Gasteiger partial charge < -0.3 is 20.7 Å². The molecule has 0 fully saturated rings. The number of benzene rings is 3. The molecule has 3 rings (SSSR count). The number of phenols is 2. The first kappa shape index (κ1) is 27.9. The maximum absolute atomic E-state index is 10.5. The number of carbonyl (C=O) groups excluding carboxylic acids is 1. The fourth-order valence-electron chi connectivity index (χ4n) is 1.57. The molecular weight excluding hydrogens is 393 g/mol. The fourth-order valence-corrected chi connectivity index (χ4v) is 2.19. The molecule has 0 saturated carbocycles. The van der Waals surface area contributed by atoms with Crippen LogP contribution in [-0.4, -0.2) is 59.5 Å². The standard InChI is InChI=1S/C6H7NO3S.2C6H6O.CH2O.Na.H/c7-5-3-1-2-4-6(5)11(8,9)10;2*7-6-4-2-1-3-5-6;1-2;;/h1-4H,7H2,(H,8,9,10);2*1-5,7H;1H2;;. The van der Waals surface area contributed by atoms with E-state index in [1.165, 1.54) is 18.2 Å². The van der Waals surface area contributed by atoms with Gasteiger partial charge in [0.25, 0.3) is 10.1 Å². The number of aromatic hydroxyl groups is 2. The van der Waals surface area contributed by atoms with Gasteiger partial charge in [0.2, 0.25) is 0 Å². The van der Waals surface area contributed by atoms with Gasteiger partial charge in [-0.1, -0.05) is 48.5 Å². The average Bonchev–Trinajstić information content (AvgIpc) is 2.65. The van der Waals surface area contributed by atoms with Crippen LogP contribution in [-0.2, 0) is 14.9 Å². The molecule has 0 aliphatic heterocycles. The number of para-hydroxylation sites is 3. The third-order valence-electron chi connectivity index (χ3n) is 2.71. The van der Waals surface area contributed by atoms with E-state index in [1.807, 2.05) is 18.9 Å². The number of phenolic OH excluding ortho intramolecular Hbond substituents is 2. The van der Waals surface area contributed by atoms with E-state index in [0.29, 0.717) is 11.5 Å². The van der Waals surface area contributed by atoms with E-state index in [1.54, 1.807) is 54.6 Å². The van der Waals surface area contributed by atoms with Gasteiger partial charge in [0.15, 0.2) is 0 Å². The molecule has 0 unspecified atom stereocenters. The summed E-state index contributed by atoms with van der Waals surface area (Å²) in [4.78, 5) is 7.75. The molecule has 7 nitrogen and oxygen atoms in total. The summed E-state index contributed by atoms with van der Waals surface area (Å²) in [6.45, 7) is 2.00. The molecule has 3 aromatic carbocycles. The van der Waals surface area contributed by atoms with E-state index in [-0.39, 0.29) is 40.1 Å². The summed E-state index contributed by atoms with van der Waals surface area (Å²) in [6.07, 6.45) is 0. The zero-order valence-electron chi connectivity index (χ0n) is 14.3. The molecular formula is C19H22NNaO6S. The SMILES string of the molecule is C=O.Nc1ccccc1S(=O)(=O)O.Oc1ccccc1.Oc1ccccc1.[NaH]. The van der Waals surface area contributed by atoms with Gasteiger partial charge in [-0.25, -0.2) is 0 Å². The molecule has 9 heteroatoms. The van der Waals surface area contributed by atoms with Crippen LogP contribution in [0.5, 0.6) is 11.5 Å². The molecule has 28 heavy (non-hydrogen) atoms. The second-order valence-corrected chi connectivity index (χ2v) is 6.07. The van der Waals surface area contributed by atoms with Gasteiger partial charge in [0.05, 0.1) is 5.69 Å². The number of carbonyl (C=O) groups is 1. The van der Waals surface area contributed by atoms with Crippen LogP contribution in [0, 0.1) is 0 Å². The van der Waals surface area contributed by atoms with Gasteiger partial charge in [-0.2, -0.15) is 8.42 Å². The summed E-state index contributed by atoms with van der Waals surface area (Å²) in [6, 6.07) is 23.1. The second-order valence-electron chi connectivity index (χ2n) is 4.68. The Morgan fingerprint density at radius 1 is 0.679 bits per heavy atom. The molecule has 0 heterocycles. The Kier molecular flexibility index (Phi) is 15.6. The van der Waals surface area contributed by atoms with Gasteiger partial charge in [0.1, 0.15) is 23.2 Å². The maximum atomic E-state index is 10.5. The molecule has 0 radical (unpaired) electrons. The van der Waals surface area contributed by atoms with E-state index in [9.17, 15) is 8.42 Å². The van der Waals surface area contributed by atoms with Crippen molar-refractivity contribution in [2.24, 2.45) is 0 Å². The first-order chi connectivity index (χ1) is 12.8. The van der Waals surface area contributed by atoms with Gasteiger partial charge >= 0.3 is 29.6 Å². The molecule has 0 saturated heterocycles. The third-order valence-corrected chi connectivity index (χ3v) is 3.64. The Bertz CT molecular complexity index is 840. The van der Waals surface area contributed by atoms with Crippen LogP contribution in [0.4, 0.5) is 5.69 Å². The number of hydrogen-bond acceptors (Lipinski definition) is 6. The minimum atomic E-state index is -4.16. The van der Waals surface area contributed by atoms with Crippen molar-refractivity contribution in [1.82, 2.24) is 0 Å². The third kappa shape index (κ3) is 12.9. The Morgan fingerprint density at radius 2 is 1.00 bits per heavy atom. The van der Waals surface area contributed by atoms with Gasteiger partial charge in [-0.3, -0.25) is 4.55 Å². The van der Waals surface area contributed by atoms with Crippen LogP contribution in [0.25, 0.3) is 0 Å². The topological polar surface area (TPSA) is 138 Å². The van der Waals surface area contributed by atoms with Crippen molar-refractivity contribution in [2.75, 3.05) is 5.73 Å². The summed E-state index contributed by atoms with van der Waals surface area (Å²) >= 11 is 0. The number of nitrogens with two attached hydrogens (primary N) is 1. The average molecular weight is 415 g/mol. The normalized spacial score (nSPS) is 8.89. The second kappa shape index (κ2) is 15.7. The zero-order valence-corrected chi connectivity index (χ0v) is 15.2. The van der Waals surface area contributed by atoms with Crippen molar-refractivity contribution in [3.63, 3.8) is 0 Å². The molecule has 5 N–H and O–H groups in total. The van der Waals surface area contributed by atoms with Crippen LogP contribution in [0.3, 0.4) is 0 Å². The molecule has 0 aromatic heterocycles. The van der Waals surface area contributed by atoms with Gasteiger partial charge in [-0.05, 0) is 36.4 Å². The van der Waals surface area contributed by atoms with Crippen LogP contribution in [0.15, 0.2) is 89.8 Å². The van der Waals surface area contributed by atoms with E-state index in [2.05, 4.69) is 0 Å². The monoisotopic (exact) mass is 415 g/mol. The van der Waals surface area contributed by atoms with E-state index < -0.39 is 10.1 Å². The van der Waals surface area contributed by atoms with Crippen molar-refractivity contribution in [3.05, 3.63) is 84.9 Å². The summed E-state index contributed by atoms with van der Waals surface area (Å²) in [5, 5.41) is 17.3. The predicted molar refractivity (Wildman–Crippen MR) is 111 cm³/mol. The van der Waals surface area contributed by atoms with Crippen LogP contribution in [0.2, 0.25) is 0 Å². The van der Waals surface area contributed by atoms with Crippen LogP contribution < -0.4 is 5.73 Å².